The Hall–Kier alpha value is -1.43. The fourth-order valence-corrected chi connectivity index (χ4v) is 2.52. The molecular formula is C13H16BrN3O2. The van der Waals surface area contributed by atoms with E-state index in [9.17, 15) is 9.59 Å². The molecule has 0 radical (unpaired) electrons. The molecular weight excluding hydrogens is 310 g/mol. The summed E-state index contributed by atoms with van der Waals surface area (Å²) < 4.78 is 0.633. The van der Waals surface area contributed by atoms with Gasteiger partial charge >= 0.3 is 0 Å². The molecule has 1 atom stereocenters. The monoisotopic (exact) mass is 325 g/mol. The Morgan fingerprint density at radius 1 is 1.47 bits per heavy atom. The smallest absolute Gasteiger partial charge is 0.270 e. The summed E-state index contributed by atoms with van der Waals surface area (Å²) in [7, 11) is 0. The number of likely N-dealkylation sites (tertiary alicyclic amines) is 1. The molecule has 102 valence electrons. The zero-order valence-electron chi connectivity index (χ0n) is 10.7. The summed E-state index contributed by atoms with van der Waals surface area (Å²) in [6, 6.07) is 5.22. The quantitative estimate of drug-likeness (QED) is 0.840. The lowest BCUT2D eigenvalue weighted by Gasteiger charge is -2.32. The van der Waals surface area contributed by atoms with E-state index in [0.717, 1.165) is 19.4 Å². The standard InChI is InChI=1S/C13H16BrN3O2/c1-9(18)17-7-3-4-10(8-17)15-13(19)11-5-2-6-12(14)16-11/h2,5-6,10H,3-4,7-8H2,1H3,(H,15,19). The third kappa shape index (κ3) is 3.76. The maximum atomic E-state index is 12.0. The van der Waals surface area contributed by atoms with Crippen LogP contribution in [-0.2, 0) is 4.79 Å². The van der Waals surface area contributed by atoms with Crippen molar-refractivity contribution in [2.24, 2.45) is 0 Å². The van der Waals surface area contributed by atoms with Crippen LogP contribution in [0, 0.1) is 0 Å². The van der Waals surface area contributed by atoms with E-state index in [-0.39, 0.29) is 17.9 Å². The van der Waals surface area contributed by atoms with Crippen molar-refractivity contribution in [2.45, 2.75) is 25.8 Å². The van der Waals surface area contributed by atoms with Crippen LogP contribution in [0.5, 0.6) is 0 Å². The average molecular weight is 326 g/mol. The van der Waals surface area contributed by atoms with Gasteiger partial charge < -0.3 is 10.2 Å². The molecule has 19 heavy (non-hydrogen) atoms. The zero-order chi connectivity index (χ0) is 13.8. The minimum absolute atomic E-state index is 0.00549. The molecule has 0 bridgehead atoms. The molecule has 2 rings (SSSR count). The Labute approximate surface area is 120 Å². The molecule has 6 heteroatoms. The Kier molecular flexibility index (Phi) is 4.52. The molecule has 1 aromatic rings. The fraction of sp³-hybridized carbons (Fsp3) is 0.462. The van der Waals surface area contributed by atoms with Gasteiger partial charge in [-0.3, -0.25) is 9.59 Å². The van der Waals surface area contributed by atoms with Gasteiger partial charge in [0, 0.05) is 26.1 Å². The van der Waals surface area contributed by atoms with Crippen LogP contribution in [-0.4, -0.2) is 40.8 Å². The molecule has 1 aliphatic rings. The van der Waals surface area contributed by atoms with Crippen LogP contribution in [0.3, 0.4) is 0 Å². The molecule has 0 aromatic carbocycles. The van der Waals surface area contributed by atoms with Crippen molar-refractivity contribution in [3.05, 3.63) is 28.5 Å². The summed E-state index contributed by atoms with van der Waals surface area (Å²) in [4.78, 5) is 29.3. The van der Waals surface area contributed by atoms with Gasteiger partial charge in [-0.05, 0) is 40.9 Å². The SMILES string of the molecule is CC(=O)N1CCCC(NC(=O)c2cccc(Br)n2)C1. The number of carbonyl (C=O) groups excluding carboxylic acids is 2. The average Bonchev–Trinajstić information content (AvgIpc) is 2.39. The van der Waals surface area contributed by atoms with Gasteiger partial charge in [0.25, 0.3) is 5.91 Å². The predicted octanol–water partition coefficient (Wildman–Crippen LogP) is 1.58. The molecule has 1 N–H and O–H groups in total. The number of rotatable bonds is 2. The molecule has 2 amide bonds. The number of hydrogen-bond acceptors (Lipinski definition) is 3. The molecule has 1 saturated heterocycles. The van der Waals surface area contributed by atoms with Gasteiger partial charge in [0.2, 0.25) is 5.91 Å². The molecule has 2 heterocycles. The van der Waals surface area contributed by atoms with Crippen molar-refractivity contribution >= 4 is 27.7 Å². The lowest BCUT2D eigenvalue weighted by atomic mass is 10.1. The van der Waals surface area contributed by atoms with Crippen molar-refractivity contribution < 1.29 is 9.59 Å². The van der Waals surface area contributed by atoms with Crippen LogP contribution in [0.25, 0.3) is 0 Å². The second-order valence-electron chi connectivity index (χ2n) is 4.62. The van der Waals surface area contributed by atoms with Crippen LogP contribution in [0.15, 0.2) is 22.8 Å². The Balaban J connectivity index is 1.97. The number of nitrogens with one attached hydrogen (secondary N) is 1. The number of amides is 2. The third-order valence-corrected chi connectivity index (χ3v) is 3.59. The van der Waals surface area contributed by atoms with Crippen LogP contribution < -0.4 is 5.32 Å². The Morgan fingerprint density at radius 2 is 2.26 bits per heavy atom. The van der Waals surface area contributed by atoms with E-state index >= 15 is 0 Å². The molecule has 0 aliphatic carbocycles. The van der Waals surface area contributed by atoms with Gasteiger partial charge in [0.1, 0.15) is 10.3 Å². The van der Waals surface area contributed by atoms with Gasteiger partial charge in [0.15, 0.2) is 0 Å². The lowest BCUT2D eigenvalue weighted by Crippen LogP contribution is -2.49. The zero-order valence-corrected chi connectivity index (χ0v) is 12.3. The van der Waals surface area contributed by atoms with Crippen LogP contribution in [0.2, 0.25) is 0 Å². The molecule has 1 aliphatic heterocycles. The highest BCUT2D eigenvalue weighted by Crippen LogP contribution is 2.11. The summed E-state index contributed by atoms with van der Waals surface area (Å²) in [5.74, 6) is -0.142. The first-order chi connectivity index (χ1) is 9.06. The summed E-state index contributed by atoms with van der Waals surface area (Å²) in [5, 5.41) is 2.93. The summed E-state index contributed by atoms with van der Waals surface area (Å²) in [6.07, 6.45) is 1.81. The van der Waals surface area contributed by atoms with E-state index in [4.69, 9.17) is 0 Å². The molecule has 1 unspecified atom stereocenters. The van der Waals surface area contributed by atoms with Crippen LogP contribution in [0.1, 0.15) is 30.3 Å². The minimum Gasteiger partial charge on any atom is -0.346 e. The number of pyridine rings is 1. The van der Waals surface area contributed by atoms with Gasteiger partial charge in [-0.2, -0.15) is 0 Å². The van der Waals surface area contributed by atoms with E-state index in [1.54, 1.807) is 30.0 Å². The maximum Gasteiger partial charge on any atom is 0.270 e. The second-order valence-corrected chi connectivity index (χ2v) is 5.44. The number of aromatic nitrogens is 1. The van der Waals surface area contributed by atoms with Crippen molar-refractivity contribution in [3.63, 3.8) is 0 Å². The highest BCUT2D eigenvalue weighted by molar-refractivity contribution is 9.10. The maximum absolute atomic E-state index is 12.0. The number of hydrogen-bond donors (Lipinski definition) is 1. The first-order valence-electron chi connectivity index (χ1n) is 6.25. The topological polar surface area (TPSA) is 62.3 Å². The summed E-state index contributed by atoms with van der Waals surface area (Å²) in [6.45, 7) is 2.91. The largest absolute Gasteiger partial charge is 0.346 e. The fourth-order valence-electron chi connectivity index (χ4n) is 2.18. The first-order valence-corrected chi connectivity index (χ1v) is 7.04. The van der Waals surface area contributed by atoms with Crippen LogP contribution >= 0.6 is 15.9 Å². The molecule has 1 fully saturated rings. The highest BCUT2D eigenvalue weighted by atomic mass is 79.9. The number of halogens is 1. The van der Waals surface area contributed by atoms with E-state index < -0.39 is 0 Å². The van der Waals surface area contributed by atoms with Gasteiger partial charge in [0.05, 0.1) is 0 Å². The van der Waals surface area contributed by atoms with Crippen molar-refractivity contribution in [2.75, 3.05) is 13.1 Å². The van der Waals surface area contributed by atoms with E-state index in [1.165, 1.54) is 0 Å². The summed E-state index contributed by atoms with van der Waals surface area (Å²) >= 11 is 3.24. The Morgan fingerprint density at radius 3 is 2.95 bits per heavy atom. The normalized spacial score (nSPS) is 19.1. The van der Waals surface area contributed by atoms with Crippen molar-refractivity contribution in [3.8, 4) is 0 Å². The van der Waals surface area contributed by atoms with Crippen molar-refractivity contribution in [1.29, 1.82) is 0 Å². The van der Waals surface area contributed by atoms with E-state index in [1.807, 2.05) is 0 Å². The molecule has 5 nitrogen and oxygen atoms in total. The van der Waals surface area contributed by atoms with Gasteiger partial charge in [-0.25, -0.2) is 4.98 Å². The predicted molar refractivity (Wildman–Crippen MR) is 74.7 cm³/mol. The number of nitrogens with zero attached hydrogens (tertiary/aromatic N) is 2. The van der Waals surface area contributed by atoms with Crippen LogP contribution in [0.4, 0.5) is 0 Å². The lowest BCUT2D eigenvalue weighted by molar-refractivity contribution is -0.130. The van der Waals surface area contributed by atoms with E-state index in [0.29, 0.717) is 16.8 Å². The van der Waals surface area contributed by atoms with Gasteiger partial charge in [-0.1, -0.05) is 6.07 Å². The molecule has 0 spiro atoms. The van der Waals surface area contributed by atoms with Gasteiger partial charge in [-0.15, -0.1) is 0 Å². The number of piperidine rings is 1. The molecule has 0 saturated carbocycles. The first kappa shape index (κ1) is 14.0. The van der Waals surface area contributed by atoms with E-state index in [2.05, 4.69) is 26.2 Å². The second kappa shape index (κ2) is 6.14. The highest BCUT2D eigenvalue weighted by Gasteiger charge is 2.23. The minimum atomic E-state index is -0.197. The summed E-state index contributed by atoms with van der Waals surface area (Å²) in [5.41, 5.74) is 0.384. The molecule has 1 aromatic heterocycles. The Bertz CT molecular complexity index is 493. The third-order valence-electron chi connectivity index (χ3n) is 3.15. The van der Waals surface area contributed by atoms with Crippen molar-refractivity contribution in [1.82, 2.24) is 15.2 Å². The number of carbonyl (C=O) groups is 2.